The lowest BCUT2D eigenvalue weighted by Gasteiger charge is -2.02. The molecule has 1 N–H and O–H groups in total. The lowest BCUT2D eigenvalue weighted by Crippen LogP contribution is -1.99. The van der Waals surface area contributed by atoms with Crippen molar-refractivity contribution < 1.29 is 14.3 Å². The average molecular weight is 333 g/mol. The lowest BCUT2D eigenvalue weighted by molar-refractivity contribution is -0.0786. The second-order valence-electron chi connectivity index (χ2n) is 5.46. The summed E-state index contributed by atoms with van der Waals surface area (Å²) in [4.78, 5) is 26.4. The van der Waals surface area contributed by atoms with Gasteiger partial charge >= 0.3 is 5.97 Å². The molecule has 0 fully saturated rings. The molecule has 25 heavy (non-hydrogen) atoms. The van der Waals surface area contributed by atoms with Gasteiger partial charge in [0.05, 0.1) is 11.1 Å². The summed E-state index contributed by atoms with van der Waals surface area (Å²) in [6.45, 7) is 0. The monoisotopic (exact) mass is 333 g/mol. The first-order chi connectivity index (χ1) is 12.3. The van der Waals surface area contributed by atoms with E-state index >= 15 is 0 Å². The van der Waals surface area contributed by atoms with Gasteiger partial charge in [-0.25, -0.2) is 14.7 Å². The highest BCUT2D eigenvalue weighted by atomic mass is 19.3. The number of hydrogen-bond donors (Lipinski definition) is 1. The molecule has 2 aromatic heterocycles. The number of imidazole rings is 1. The van der Waals surface area contributed by atoms with E-state index in [0.29, 0.717) is 16.9 Å². The molecular formula is C19H12FN3O2. The van der Waals surface area contributed by atoms with Gasteiger partial charge in [-0.3, -0.25) is 4.98 Å². The molecule has 0 radical (unpaired) electrons. The van der Waals surface area contributed by atoms with Crippen LogP contribution in [0.15, 0.2) is 67.0 Å². The minimum atomic E-state index is -1.06. The number of carbonyl (C=O) groups excluding carboxylic acids is 1. The van der Waals surface area contributed by atoms with Crippen LogP contribution in [0.25, 0.3) is 33.5 Å². The van der Waals surface area contributed by atoms with E-state index in [2.05, 4.69) is 19.9 Å². The number of benzene rings is 2. The Morgan fingerprint density at radius 1 is 0.920 bits per heavy atom. The van der Waals surface area contributed by atoms with Crippen LogP contribution in [0.4, 0.5) is 4.53 Å². The Morgan fingerprint density at radius 2 is 1.60 bits per heavy atom. The molecule has 6 heteroatoms. The summed E-state index contributed by atoms with van der Waals surface area (Å²) >= 11 is 0. The Kier molecular flexibility index (Phi) is 3.70. The normalized spacial score (nSPS) is 10.8. The zero-order valence-corrected chi connectivity index (χ0v) is 12.9. The summed E-state index contributed by atoms with van der Waals surface area (Å²) in [5.41, 5.74) is 4.07. The predicted octanol–water partition coefficient (Wildman–Crippen LogP) is 4.33. The number of H-pyrrole nitrogens is 1. The summed E-state index contributed by atoms with van der Waals surface area (Å²) in [5.74, 6) is -0.466. The maximum Gasteiger partial charge on any atom is 0.381 e. The third-order valence-corrected chi connectivity index (χ3v) is 3.97. The first-order valence-electron chi connectivity index (χ1n) is 7.59. The molecule has 0 amide bonds. The van der Waals surface area contributed by atoms with Crippen molar-refractivity contribution >= 4 is 17.0 Å². The number of aromatic nitrogens is 3. The van der Waals surface area contributed by atoms with Gasteiger partial charge in [0.25, 0.3) is 0 Å². The number of aromatic amines is 1. The van der Waals surface area contributed by atoms with Crippen molar-refractivity contribution in [2.45, 2.75) is 0 Å². The first-order valence-corrected chi connectivity index (χ1v) is 7.59. The minimum Gasteiger partial charge on any atom is -0.338 e. The molecule has 0 saturated carbocycles. The van der Waals surface area contributed by atoms with Gasteiger partial charge in [-0.1, -0.05) is 30.3 Å². The van der Waals surface area contributed by atoms with Crippen LogP contribution in [0.5, 0.6) is 0 Å². The maximum atomic E-state index is 12.2. The fraction of sp³-hybridized carbons (Fsp3) is 0. The van der Waals surface area contributed by atoms with Gasteiger partial charge in [0.1, 0.15) is 11.3 Å². The number of nitrogens with one attached hydrogen (secondary N) is 1. The van der Waals surface area contributed by atoms with E-state index in [4.69, 9.17) is 0 Å². The van der Waals surface area contributed by atoms with E-state index in [0.717, 1.165) is 16.7 Å². The van der Waals surface area contributed by atoms with E-state index in [1.807, 2.05) is 36.4 Å². The second kappa shape index (κ2) is 6.16. The summed E-state index contributed by atoms with van der Waals surface area (Å²) in [6.07, 6.45) is 3.49. The van der Waals surface area contributed by atoms with Crippen molar-refractivity contribution in [3.63, 3.8) is 0 Å². The molecule has 0 saturated heterocycles. The Balaban J connectivity index is 1.74. The van der Waals surface area contributed by atoms with Crippen molar-refractivity contribution in [1.29, 1.82) is 0 Å². The Bertz CT molecular complexity index is 1040. The first kappa shape index (κ1) is 15.0. The number of nitrogens with zero attached hydrogens (tertiary/aromatic N) is 2. The van der Waals surface area contributed by atoms with Crippen LogP contribution in [0.1, 0.15) is 10.4 Å². The smallest absolute Gasteiger partial charge is 0.338 e. The molecule has 4 aromatic rings. The Labute approximate surface area is 142 Å². The fourth-order valence-electron chi connectivity index (χ4n) is 2.74. The molecule has 0 atom stereocenters. The molecule has 2 aromatic carbocycles. The summed E-state index contributed by atoms with van der Waals surface area (Å²) in [5, 5.41) is 0. The molecule has 0 spiro atoms. The highest BCUT2D eigenvalue weighted by molar-refractivity contribution is 6.02. The molecule has 0 aliphatic heterocycles. The number of hydrogen-bond acceptors (Lipinski definition) is 4. The van der Waals surface area contributed by atoms with Gasteiger partial charge < -0.3 is 4.98 Å². The zero-order valence-electron chi connectivity index (χ0n) is 12.9. The molecule has 4 rings (SSSR count). The average Bonchev–Trinajstić information content (AvgIpc) is 3.12. The number of para-hydroxylation sites is 1. The molecule has 2 heterocycles. The van der Waals surface area contributed by atoms with Crippen molar-refractivity contribution in [3.8, 4) is 22.5 Å². The van der Waals surface area contributed by atoms with E-state index in [1.54, 1.807) is 24.5 Å². The topological polar surface area (TPSA) is 67.9 Å². The second-order valence-corrected chi connectivity index (χ2v) is 5.46. The maximum absolute atomic E-state index is 12.2. The molecule has 5 nitrogen and oxygen atoms in total. The quantitative estimate of drug-likeness (QED) is 0.606. The van der Waals surface area contributed by atoms with Gasteiger partial charge in [-0.05, 0) is 35.4 Å². The number of halogens is 1. The summed E-state index contributed by atoms with van der Waals surface area (Å²) in [6, 6.07) is 16.6. The predicted molar refractivity (Wildman–Crippen MR) is 91.3 cm³/mol. The van der Waals surface area contributed by atoms with E-state index in [9.17, 15) is 9.32 Å². The van der Waals surface area contributed by atoms with Crippen molar-refractivity contribution in [2.75, 3.05) is 0 Å². The Morgan fingerprint density at radius 3 is 2.32 bits per heavy atom. The standard InChI is InChI=1S/C19H12FN3O2/c20-25-19(24)15-2-1-3-16-17(15)23-18(22-16)14-6-4-12(5-7-14)13-8-10-21-11-9-13/h1-11H,(H,22,23). The number of rotatable bonds is 3. The SMILES string of the molecule is O=C(OF)c1cccc2[nH]c(-c3ccc(-c4ccncc4)cc3)nc12. The van der Waals surface area contributed by atoms with Gasteiger partial charge in [-0.15, -0.1) is 0 Å². The van der Waals surface area contributed by atoms with Crippen LogP contribution in [-0.4, -0.2) is 20.9 Å². The summed E-state index contributed by atoms with van der Waals surface area (Å²) < 4.78 is 12.2. The molecular weight excluding hydrogens is 321 g/mol. The number of pyridine rings is 1. The largest absolute Gasteiger partial charge is 0.381 e. The molecule has 0 aliphatic rings. The van der Waals surface area contributed by atoms with Crippen molar-refractivity contribution in [2.24, 2.45) is 0 Å². The van der Waals surface area contributed by atoms with Gasteiger partial charge in [-0.2, -0.15) is 0 Å². The molecule has 122 valence electrons. The van der Waals surface area contributed by atoms with Gasteiger partial charge in [0, 0.05) is 22.5 Å². The van der Waals surface area contributed by atoms with E-state index in [1.165, 1.54) is 6.07 Å². The third-order valence-electron chi connectivity index (χ3n) is 3.97. The molecule has 0 bridgehead atoms. The van der Waals surface area contributed by atoms with Crippen LogP contribution in [-0.2, 0) is 4.94 Å². The van der Waals surface area contributed by atoms with Crippen molar-refractivity contribution in [3.05, 3.63) is 72.6 Å². The fourth-order valence-corrected chi connectivity index (χ4v) is 2.74. The van der Waals surface area contributed by atoms with Gasteiger partial charge in [0.15, 0.2) is 0 Å². The lowest BCUT2D eigenvalue weighted by atomic mass is 10.1. The Hall–Kier alpha value is -3.54. The van der Waals surface area contributed by atoms with Crippen LogP contribution in [0.3, 0.4) is 0 Å². The zero-order chi connectivity index (χ0) is 17.2. The van der Waals surface area contributed by atoms with Crippen LogP contribution < -0.4 is 0 Å². The van der Waals surface area contributed by atoms with Crippen LogP contribution in [0, 0.1) is 0 Å². The third kappa shape index (κ3) is 2.74. The highest BCUT2D eigenvalue weighted by Crippen LogP contribution is 2.26. The van der Waals surface area contributed by atoms with E-state index < -0.39 is 5.97 Å². The summed E-state index contributed by atoms with van der Waals surface area (Å²) in [7, 11) is 0. The van der Waals surface area contributed by atoms with E-state index in [-0.39, 0.29) is 5.56 Å². The highest BCUT2D eigenvalue weighted by Gasteiger charge is 2.16. The van der Waals surface area contributed by atoms with Crippen molar-refractivity contribution in [1.82, 2.24) is 15.0 Å². The van der Waals surface area contributed by atoms with Crippen LogP contribution >= 0.6 is 0 Å². The number of fused-ring (bicyclic) bond motifs is 1. The molecule has 0 unspecified atom stereocenters. The van der Waals surface area contributed by atoms with Crippen LogP contribution in [0.2, 0.25) is 0 Å². The minimum absolute atomic E-state index is 0.0795. The number of carbonyl (C=O) groups is 1. The van der Waals surface area contributed by atoms with Gasteiger partial charge in [0.2, 0.25) is 0 Å². The molecule has 0 aliphatic carbocycles.